The number of hydrogen-bond acceptors (Lipinski definition) is 5. The average molecular weight is 530 g/mol. The third kappa shape index (κ3) is 6.71. The lowest BCUT2D eigenvalue weighted by Gasteiger charge is -2.33. The van der Waals surface area contributed by atoms with E-state index in [1.807, 2.05) is 32.3 Å². The van der Waals surface area contributed by atoms with E-state index >= 15 is 0 Å². The van der Waals surface area contributed by atoms with Crippen LogP contribution in [0, 0.1) is 0 Å². The molecule has 30 heavy (non-hydrogen) atoms. The Balaban J connectivity index is 0.00000320. The van der Waals surface area contributed by atoms with Crippen LogP contribution in [0.25, 0.3) is 0 Å². The fraction of sp³-hybridized carbons (Fsp3) is 0.619. The van der Waals surface area contributed by atoms with Gasteiger partial charge in [0.05, 0.1) is 25.0 Å². The predicted molar refractivity (Wildman–Crippen MR) is 129 cm³/mol. The molecule has 0 saturated carbocycles. The maximum Gasteiger partial charge on any atom is 0.191 e. The molecule has 8 nitrogen and oxygen atoms in total. The molecule has 1 aliphatic heterocycles. The van der Waals surface area contributed by atoms with Gasteiger partial charge in [-0.2, -0.15) is 5.10 Å². The molecule has 2 atom stereocenters. The van der Waals surface area contributed by atoms with Crippen LogP contribution in [0.15, 0.2) is 40.2 Å². The Hall–Kier alpha value is -1.59. The normalized spacial score (nSPS) is 18.3. The van der Waals surface area contributed by atoms with Gasteiger partial charge < -0.3 is 20.2 Å². The van der Waals surface area contributed by atoms with Gasteiger partial charge in [0, 0.05) is 31.9 Å². The second-order valence-electron chi connectivity index (χ2n) is 7.88. The van der Waals surface area contributed by atoms with Crippen LogP contribution >= 0.6 is 24.0 Å². The topological polar surface area (TPSA) is 90.8 Å². The standard InChI is InChI=1S/C21H34N6O2.HI/c1-4-22-20(24-16-21(2,28)17-13-25-26(3)15-17)23-14-18(19-9-8-12-29-19)27-10-6-5-7-11-27;/h8-9,12-13,15,18,28H,4-7,10-11,14,16H2,1-3H3,(H2,22,23,24);1H. The fourth-order valence-corrected chi connectivity index (χ4v) is 3.68. The summed E-state index contributed by atoms with van der Waals surface area (Å²) in [7, 11) is 1.84. The molecule has 9 heteroatoms. The van der Waals surface area contributed by atoms with E-state index in [9.17, 15) is 5.11 Å². The molecule has 0 aromatic carbocycles. The second-order valence-corrected chi connectivity index (χ2v) is 7.88. The Labute approximate surface area is 196 Å². The summed E-state index contributed by atoms with van der Waals surface area (Å²) in [5, 5.41) is 21.7. The first-order valence-electron chi connectivity index (χ1n) is 10.5. The number of rotatable bonds is 8. The lowest BCUT2D eigenvalue weighted by Crippen LogP contribution is -2.45. The van der Waals surface area contributed by atoms with Gasteiger partial charge in [0.2, 0.25) is 0 Å². The van der Waals surface area contributed by atoms with Crippen molar-refractivity contribution in [2.75, 3.05) is 32.7 Å². The van der Waals surface area contributed by atoms with Crippen molar-refractivity contribution in [3.8, 4) is 0 Å². The molecule has 1 aliphatic rings. The number of piperidine rings is 1. The molecule has 0 amide bonds. The van der Waals surface area contributed by atoms with Crippen molar-refractivity contribution in [2.45, 2.75) is 44.8 Å². The Kier molecular flexibility index (Phi) is 9.63. The highest BCUT2D eigenvalue weighted by molar-refractivity contribution is 14.0. The number of furan rings is 1. The van der Waals surface area contributed by atoms with Crippen LogP contribution in [0.2, 0.25) is 0 Å². The third-order valence-corrected chi connectivity index (χ3v) is 5.38. The molecule has 168 valence electrons. The van der Waals surface area contributed by atoms with Crippen LogP contribution in [0.5, 0.6) is 0 Å². The zero-order valence-electron chi connectivity index (χ0n) is 18.2. The SMILES string of the molecule is CCNC(=NCC(C)(O)c1cnn(C)c1)NCC(c1ccco1)N1CCCCC1.I. The van der Waals surface area contributed by atoms with Crippen molar-refractivity contribution in [1.29, 1.82) is 0 Å². The van der Waals surface area contributed by atoms with E-state index in [-0.39, 0.29) is 36.6 Å². The van der Waals surface area contributed by atoms with Gasteiger partial charge in [-0.25, -0.2) is 4.99 Å². The Morgan fingerprint density at radius 1 is 1.33 bits per heavy atom. The van der Waals surface area contributed by atoms with Gasteiger partial charge in [0.25, 0.3) is 0 Å². The summed E-state index contributed by atoms with van der Waals surface area (Å²) in [4.78, 5) is 7.10. The lowest BCUT2D eigenvalue weighted by atomic mass is 10.0. The number of aromatic nitrogens is 2. The van der Waals surface area contributed by atoms with Gasteiger partial charge in [-0.05, 0) is 51.9 Å². The molecule has 0 aliphatic carbocycles. The molecule has 2 unspecified atom stereocenters. The summed E-state index contributed by atoms with van der Waals surface area (Å²) in [6, 6.07) is 4.14. The molecule has 0 radical (unpaired) electrons. The van der Waals surface area contributed by atoms with E-state index < -0.39 is 5.60 Å². The predicted octanol–water partition coefficient (Wildman–Crippen LogP) is 2.62. The number of likely N-dealkylation sites (tertiary alicyclic amines) is 1. The van der Waals surface area contributed by atoms with Crippen molar-refractivity contribution in [3.05, 3.63) is 42.1 Å². The zero-order chi connectivity index (χ0) is 20.7. The molecule has 2 aromatic rings. The quantitative estimate of drug-likeness (QED) is 0.276. The van der Waals surface area contributed by atoms with E-state index in [1.54, 1.807) is 24.1 Å². The minimum absolute atomic E-state index is 0. The van der Waals surface area contributed by atoms with Crippen LogP contribution in [0.4, 0.5) is 0 Å². The number of aryl methyl sites for hydroxylation is 1. The van der Waals surface area contributed by atoms with Gasteiger partial charge in [-0.1, -0.05) is 6.42 Å². The molecule has 1 fully saturated rings. The Morgan fingerprint density at radius 3 is 2.70 bits per heavy atom. The largest absolute Gasteiger partial charge is 0.468 e. The maximum absolute atomic E-state index is 10.8. The number of aliphatic hydroxyl groups is 1. The average Bonchev–Trinajstić information content (AvgIpc) is 3.39. The van der Waals surface area contributed by atoms with Crippen LogP contribution in [0.3, 0.4) is 0 Å². The summed E-state index contributed by atoms with van der Waals surface area (Å²) in [6.07, 6.45) is 8.97. The fourth-order valence-electron chi connectivity index (χ4n) is 3.68. The number of nitrogens with one attached hydrogen (secondary N) is 2. The molecule has 0 spiro atoms. The summed E-state index contributed by atoms with van der Waals surface area (Å²) in [5.41, 5.74) is -0.328. The van der Waals surface area contributed by atoms with Crippen LogP contribution in [0.1, 0.15) is 50.5 Å². The van der Waals surface area contributed by atoms with Crippen LogP contribution in [-0.4, -0.2) is 58.5 Å². The Morgan fingerprint density at radius 2 is 2.10 bits per heavy atom. The molecule has 0 bridgehead atoms. The first kappa shape index (κ1) is 24.7. The minimum atomic E-state index is -1.08. The summed E-state index contributed by atoms with van der Waals surface area (Å²) in [5.74, 6) is 1.66. The molecule has 2 aromatic heterocycles. The van der Waals surface area contributed by atoms with Crippen molar-refractivity contribution in [2.24, 2.45) is 12.0 Å². The monoisotopic (exact) mass is 530 g/mol. The van der Waals surface area contributed by atoms with Crippen molar-refractivity contribution >= 4 is 29.9 Å². The van der Waals surface area contributed by atoms with E-state index in [0.717, 1.165) is 31.0 Å². The highest BCUT2D eigenvalue weighted by atomic mass is 127. The number of aliphatic imine (C=N–C) groups is 1. The molecule has 3 rings (SSSR count). The third-order valence-electron chi connectivity index (χ3n) is 5.38. The molecule has 1 saturated heterocycles. The van der Waals surface area contributed by atoms with E-state index in [4.69, 9.17) is 4.42 Å². The highest BCUT2D eigenvalue weighted by Gasteiger charge is 2.26. The lowest BCUT2D eigenvalue weighted by molar-refractivity contribution is 0.0671. The van der Waals surface area contributed by atoms with Crippen molar-refractivity contribution < 1.29 is 9.52 Å². The minimum Gasteiger partial charge on any atom is -0.468 e. The van der Waals surface area contributed by atoms with Gasteiger partial charge in [-0.15, -0.1) is 24.0 Å². The first-order valence-corrected chi connectivity index (χ1v) is 10.5. The van der Waals surface area contributed by atoms with Crippen molar-refractivity contribution in [1.82, 2.24) is 25.3 Å². The van der Waals surface area contributed by atoms with Crippen LogP contribution < -0.4 is 10.6 Å². The van der Waals surface area contributed by atoms with Gasteiger partial charge in [0.15, 0.2) is 5.96 Å². The first-order chi connectivity index (χ1) is 14.0. The Bertz CT molecular complexity index is 768. The second kappa shape index (κ2) is 11.7. The molecular formula is C21H35IN6O2. The smallest absolute Gasteiger partial charge is 0.191 e. The van der Waals surface area contributed by atoms with Gasteiger partial charge in [0.1, 0.15) is 11.4 Å². The van der Waals surface area contributed by atoms with E-state index in [2.05, 4.69) is 25.6 Å². The van der Waals surface area contributed by atoms with Gasteiger partial charge in [-0.3, -0.25) is 9.58 Å². The molecule has 3 heterocycles. The van der Waals surface area contributed by atoms with Crippen LogP contribution in [-0.2, 0) is 12.6 Å². The number of nitrogens with zero attached hydrogens (tertiary/aromatic N) is 4. The number of guanidine groups is 1. The van der Waals surface area contributed by atoms with E-state index in [0.29, 0.717) is 12.5 Å². The molecular weight excluding hydrogens is 495 g/mol. The molecule has 3 N–H and O–H groups in total. The summed E-state index contributed by atoms with van der Waals surface area (Å²) >= 11 is 0. The summed E-state index contributed by atoms with van der Waals surface area (Å²) < 4.78 is 7.41. The zero-order valence-corrected chi connectivity index (χ0v) is 20.5. The van der Waals surface area contributed by atoms with Crippen molar-refractivity contribution in [3.63, 3.8) is 0 Å². The van der Waals surface area contributed by atoms with E-state index in [1.165, 1.54) is 19.3 Å². The highest BCUT2D eigenvalue weighted by Crippen LogP contribution is 2.24. The number of halogens is 1. The maximum atomic E-state index is 10.8. The van der Waals surface area contributed by atoms with Gasteiger partial charge >= 0.3 is 0 Å². The summed E-state index contributed by atoms with van der Waals surface area (Å²) in [6.45, 7) is 7.63. The number of hydrogen-bond donors (Lipinski definition) is 3.